The first-order valence-electron chi connectivity index (χ1n) is 6.74. The minimum absolute atomic E-state index is 0.150. The Kier molecular flexibility index (Phi) is 3.28. The van der Waals surface area contributed by atoms with Crippen molar-refractivity contribution in [1.29, 1.82) is 0 Å². The summed E-state index contributed by atoms with van der Waals surface area (Å²) in [4.78, 5) is 13.7. The minimum atomic E-state index is -3.72. The highest BCUT2D eigenvalue weighted by Crippen LogP contribution is 2.35. The summed E-state index contributed by atoms with van der Waals surface area (Å²) in [7, 11) is -2.46. The van der Waals surface area contributed by atoms with Gasteiger partial charge in [0, 0.05) is 19.7 Å². The standard InChI is InChI=1S/C12H16N4O5S/c1-7-6-8(14-21-7)13-11(17)10-12(18)16-5-3-4-9(16)22(19,20)15(10)2/h6,9,18H,3-5H2,1-2H3,(H,13,14,17). The third-order valence-corrected chi connectivity index (χ3v) is 5.93. The van der Waals surface area contributed by atoms with Gasteiger partial charge in [-0.1, -0.05) is 5.16 Å². The number of carbonyl (C=O) groups is 1. The van der Waals surface area contributed by atoms with Crippen LogP contribution in [0.25, 0.3) is 0 Å². The predicted octanol–water partition coefficient (Wildman–Crippen LogP) is 0.346. The average Bonchev–Trinajstić information content (AvgIpc) is 3.06. The van der Waals surface area contributed by atoms with Crippen LogP contribution in [0.5, 0.6) is 0 Å². The van der Waals surface area contributed by atoms with Gasteiger partial charge in [0.1, 0.15) is 5.76 Å². The Hall–Kier alpha value is -2.23. The van der Waals surface area contributed by atoms with Gasteiger partial charge in [-0.25, -0.2) is 8.42 Å². The molecule has 0 radical (unpaired) electrons. The first-order chi connectivity index (χ1) is 10.3. The fourth-order valence-electron chi connectivity index (χ4n) is 2.72. The van der Waals surface area contributed by atoms with Gasteiger partial charge < -0.3 is 19.8 Å². The summed E-state index contributed by atoms with van der Waals surface area (Å²) < 4.78 is 30.5. The number of likely N-dealkylation sites (N-methyl/N-ethyl adjacent to an activating group) is 1. The second-order valence-electron chi connectivity index (χ2n) is 5.25. The summed E-state index contributed by atoms with van der Waals surface area (Å²) in [6.45, 7) is 2.05. The van der Waals surface area contributed by atoms with E-state index in [2.05, 4.69) is 10.5 Å². The normalized spacial score (nSPS) is 23.6. The van der Waals surface area contributed by atoms with Crippen LogP contribution in [0, 0.1) is 6.92 Å². The first kappa shape index (κ1) is 14.7. The largest absolute Gasteiger partial charge is 0.493 e. The van der Waals surface area contributed by atoms with E-state index in [1.54, 1.807) is 6.92 Å². The molecule has 0 aromatic carbocycles. The Morgan fingerprint density at radius 3 is 2.91 bits per heavy atom. The second kappa shape index (κ2) is 4.90. The number of hydrogen-bond donors (Lipinski definition) is 2. The Labute approximate surface area is 127 Å². The molecule has 1 amide bonds. The highest BCUT2D eigenvalue weighted by Gasteiger charge is 2.47. The van der Waals surface area contributed by atoms with Crippen molar-refractivity contribution in [1.82, 2.24) is 14.4 Å². The van der Waals surface area contributed by atoms with Crippen LogP contribution in [-0.2, 0) is 14.8 Å². The van der Waals surface area contributed by atoms with Crippen LogP contribution >= 0.6 is 0 Å². The van der Waals surface area contributed by atoms with E-state index in [1.807, 2.05) is 0 Å². The molecule has 9 nitrogen and oxygen atoms in total. The SMILES string of the molecule is Cc1cc(NC(=O)C2=C(O)N3CCCC3S(=O)(=O)N2C)no1. The molecule has 0 spiro atoms. The molecule has 0 saturated carbocycles. The zero-order chi connectivity index (χ0) is 16.1. The van der Waals surface area contributed by atoms with Crippen molar-refractivity contribution in [2.75, 3.05) is 18.9 Å². The third kappa shape index (κ3) is 2.10. The zero-order valence-electron chi connectivity index (χ0n) is 12.1. The van der Waals surface area contributed by atoms with Crippen LogP contribution in [0.15, 0.2) is 22.2 Å². The van der Waals surface area contributed by atoms with Gasteiger partial charge in [0.15, 0.2) is 16.9 Å². The lowest BCUT2D eigenvalue weighted by molar-refractivity contribution is -0.114. The van der Waals surface area contributed by atoms with Gasteiger partial charge in [-0.15, -0.1) is 0 Å². The topological polar surface area (TPSA) is 116 Å². The predicted molar refractivity (Wildman–Crippen MR) is 75.9 cm³/mol. The second-order valence-corrected chi connectivity index (χ2v) is 7.37. The van der Waals surface area contributed by atoms with Crippen molar-refractivity contribution in [2.24, 2.45) is 0 Å². The molecule has 0 bridgehead atoms. The van der Waals surface area contributed by atoms with E-state index in [0.717, 1.165) is 4.31 Å². The molecule has 3 rings (SSSR count). The molecule has 1 unspecified atom stereocenters. The van der Waals surface area contributed by atoms with Crippen molar-refractivity contribution >= 4 is 21.7 Å². The molecule has 10 heteroatoms. The number of anilines is 1. The molecule has 120 valence electrons. The number of aryl methyl sites for hydroxylation is 1. The lowest BCUT2D eigenvalue weighted by atomic mass is 10.3. The van der Waals surface area contributed by atoms with Crippen molar-refractivity contribution in [3.05, 3.63) is 23.4 Å². The fourth-order valence-corrected chi connectivity index (χ4v) is 4.50. The molecule has 1 aromatic rings. The summed E-state index contributed by atoms with van der Waals surface area (Å²) in [5.74, 6) is -0.449. The van der Waals surface area contributed by atoms with Gasteiger partial charge in [-0.05, 0) is 19.8 Å². The summed E-state index contributed by atoms with van der Waals surface area (Å²) in [5, 5.41) is 15.5. The molecule has 2 aliphatic heterocycles. The van der Waals surface area contributed by atoms with Gasteiger partial charge in [0.2, 0.25) is 5.88 Å². The maximum absolute atomic E-state index is 12.4. The Bertz CT molecular complexity index is 753. The molecule has 22 heavy (non-hydrogen) atoms. The van der Waals surface area contributed by atoms with Crippen molar-refractivity contribution in [2.45, 2.75) is 25.1 Å². The monoisotopic (exact) mass is 328 g/mol. The number of aliphatic hydroxyl groups excluding tert-OH is 1. The minimum Gasteiger partial charge on any atom is -0.493 e. The number of rotatable bonds is 2. The van der Waals surface area contributed by atoms with E-state index < -0.39 is 21.3 Å². The van der Waals surface area contributed by atoms with E-state index in [-0.39, 0.29) is 17.4 Å². The molecule has 1 saturated heterocycles. The Morgan fingerprint density at radius 2 is 2.27 bits per heavy atom. The quantitative estimate of drug-likeness (QED) is 0.804. The molecular formula is C12H16N4O5S. The number of nitrogens with zero attached hydrogens (tertiary/aromatic N) is 3. The number of carbonyl (C=O) groups excluding carboxylic acids is 1. The van der Waals surface area contributed by atoms with E-state index >= 15 is 0 Å². The number of nitrogens with one attached hydrogen (secondary N) is 1. The lowest BCUT2D eigenvalue weighted by Gasteiger charge is -2.36. The third-order valence-electron chi connectivity index (χ3n) is 3.81. The average molecular weight is 328 g/mol. The number of sulfonamides is 1. The number of aromatic nitrogens is 1. The zero-order valence-corrected chi connectivity index (χ0v) is 12.9. The maximum Gasteiger partial charge on any atom is 0.279 e. The van der Waals surface area contributed by atoms with Gasteiger partial charge >= 0.3 is 0 Å². The van der Waals surface area contributed by atoms with Crippen LogP contribution in [-0.4, -0.2) is 52.8 Å². The van der Waals surface area contributed by atoms with Crippen LogP contribution < -0.4 is 5.32 Å². The summed E-state index contributed by atoms with van der Waals surface area (Å²) in [6.07, 6.45) is 1.06. The van der Waals surface area contributed by atoms with Gasteiger partial charge in [0.05, 0.1) is 0 Å². The van der Waals surface area contributed by atoms with Crippen molar-refractivity contribution in [3.63, 3.8) is 0 Å². The van der Waals surface area contributed by atoms with E-state index in [4.69, 9.17) is 4.52 Å². The molecule has 2 aliphatic rings. The van der Waals surface area contributed by atoms with E-state index in [0.29, 0.717) is 25.1 Å². The highest BCUT2D eigenvalue weighted by atomic mass is 32.2. The number of fused-ring (bicyclic) bond motifs is 1. The Morgan fingerprint density at radius 1 is 1.55 bits per heavy atom. The summed E-state index contributed by atoms with van der Waals surface area (Å²) in [6, 6.07) is 1.49. The van der Waals surface area contributed by atoms with Crippen LogP contribution in [0.1, 0.15) is 18.6 Å². The van der Waals surface area contributed by atoms with Gasteiger partial charge in [0.25, 0.3) is 15.9 Å². The van der Waals surface area contributed by atoms with Crippen molar-refractivity contribution < 1.29 is 22.8 Å². The van der Waals surface area contributed by atoms with Crippen LogP contribution in [0.3, 0.4) is 0 Å². The molecule has 1 fully saturated rings. The fraction of sp³-hybridized carbons (Fsp3) is 0.500. The summed E-state index contributed by atoms with van der Waals surface area (Å²) >= 11 is 0. The molecule has 2 N–H and O–H groups in total. The van der Waals surface area contributed by atoms with Crippen molar-refractivity contribution in [3.8, 4) is 0 Å². The number of amides is 1. The van der Waals surface area contributed by atoms with Crippen LogP contribution in [0.2, 0.25) is 0 Å². The van der Waals surface area contributed by atoms with E-state index in [9.17, 15) is 18.3 Å². The lowest BCUT2D eigenvalue weighted by Crippen LogP contribution is -2.51. The maximum atomic E-state index is 12.4. The first-order valence-corrected chi connectivity index (χ1v) is 8.25. The Balaban J connectivity index is 1.96. The van der Waals surface area contributed by atoms with Gasteiger partial charge in [-0.2, -0.15) is 0 Å². The molecule has 0 aliphatic carbocycles. The van der Waals surface area contributed by atoms with Gasteiger partial charge in [-0.3, -0.25) is 9.10 Å². The van der Waals surface area contributed by atoms with E-state index in [1.165, 1.54) is 18.0 Å². The summed E-state index contributed by atoms with van der Waals surface area (Å²) in [5.41, 5.74) is -0.321. The number of hydrogen-bond acceptors (Lipinski definition) is 7. The van der Waals surface area contributed by atoms with Crippen LogP contribution in [0.4, 0.5) is 5.82 Å². The highest BCUT2D eigenvalue weighted by molar-refractivity contribution is 7.89. The molecule has 1 atom stereocenters. The molecule has 1 aromatic heterocycles. The molecular weight excluding hydrogens is 312 g/mol. The smallest absolute Gasteiger partial charge is 0.279 e. The molecule has 3 heterocycles. The number of aliphatic hydroxyl groups is 1.